The molecule has 0 bridgehead atoms. The van der Waals surface area contributed by atoms with Crippen molar-refractivity contribution < 1.29 is 4.79 Å². The van der Waals surface area contributed by atoms with Crippen molar-refractivity contribution in [1.29, 1.82) is 0 Å². The summed E-state index contributed by atoms with van der Waals surface area (Å²) in [6.07, 6.45) is 0. The predicted octanol–water partition coefficient (Wildman–Crippen LogP) is 3.42. The standard InChI is InChI=1S/C21H28N4OS/c1-21(2,3)25-19(26)15-24-20(22-4)23-14-16-10-12-18(13-11-16)27-17-8-6-5-7-9-17/h5-13H,14-15H2,1-4H3,(H,25,26)(H2,22,23,24). The first-order chi connectivity index (χ1) is 12.9. The van der Waals surface area contributed by atoms with Gasteiger partial charge in [-0.1, -0.05) is 42.1 Å². The number of carbonyl (C=O) groups excluding carboxylic acids is 1. The van der Waals surface area contributed by atoms with Crippen molar-refractivity contribution in [3.8, 4) is 0 Å². The smallest absolute Gasteiger partial charge is 0.239 e. The number of amides is 1. The van der Waals surface area contributed by atoms with Crippen LogP contribution >= 0.6 is 11.8 Å². The van der Waals surface area contributed by atoms with Gasteiger partial charge in [-0.2, -0.15) is 0 Å². The predicted molar refractivity (Wildman–Crippen MR) is 113 cm³/mol. The molecule has 6 heteroatoms. The van der Waals surface area contributed by atoms with Crippen LogP contribution in [0, 0.1) is 0 Å². The summed E-state index contributed by atoms with van der Waals surface area (Å²) in [6.45, 7) is 6.69. The highest BCUT2D eigenvalue weighted by Gasteiger charge is 2.13. The summed E-state index contributed by atoms with van der Waals surface area (Å²) in [7, 11) is 1.69. The molecule has 0 aromatic heterocycles. The SMILES string of the molecule is CN=C(NCC(=O)NC(C)(C)C)NCc1ccc(Sc2ccccc2)cc1. The molecule has 27 heavy (non-hydrogen) atoms. The molecular weight excluding hydrogens is 356 g/mol. The number of nitrogens with zero attached hydrogens (tertiary/aromatic N) is 1. The van der Waals surface area contributed by atoms with Crippen LogP contribution in [0.1, 0.15) is 26.3 Å². The second-order valence-corrected chi connectivity index (χ2v) is 8.28. The molecule has 1 amide bonds. The lowest BCUT2D eigenvalue weighted by molar-refractivity contribution is -0.121. The van der Waals surface area contributed by atoms with E-state index in [0.717, 1.165) is 5.56 Å². The second kappa shape index (κ2) is 10.0. The number of rotatable bonds is 6. The van der Waals surface area contributed by atoms with Crippen LogP contribution in [0.5, 0.6) is 0 Å². The zero-order valence-corrected chi connectivity index (χ0v) is 17.2. The van der Waals surface area contributed by atoms with Gasteiger partial charge in [0.2, 0.25) is 5.91 Å². The summed E-state index contributed by atoms with van der Waals surface area (Å²) in [5.74, 6) is 0.537. The van der Waals surface area contributed by atoms with Gasteiger partial charge in [0.25, 0.3) is 0 Å². The minimum Gasteiger partial charge on any atom is -0.352 e. The summed E-state index contributed by atoms with van der Waals surface area (Å²) in [4.78, 5) is 18.5. The molecule has 0 fully saturated rings. The molecule has 0 aliphatic carbocycles. The molecule has 0 atom stereocenters. The molecule has 144 valence electrons. The van der Waals surface area contributed by atoms with Crippen LogP contribution in [0.3, 0.4) is 0 Å². The van der Waals surface area contributed by atoms with E-state index in [1.54, 1.807) is 18.8 Å². The topological polar surface area (TPSA) is 65.5 Å². The Morgan fingerprint density at radius 2 is 1.59 bits per heavy atom. The maximum absolute atomic E-state index is 11.9. The van der Waals surface area contributed by atoms with E-state index in [1.165, 1.54) is 9.79 Å². The van der Waals surface area contributed by atoms with Crippen molar-refractivity contribution in [2.45, 2.75) is 42.6 Å². The monoisotopic (exact) mass is 384 g/mol. The summed E-state index contributed by atoms with van der Waals surface area (Å²) in [5, 5.41) is 9.17. The fourth-order valence-electron chi connectivity index (χ4n) is 2.33. The van der Waals surface area contributed by atoms with Crippen molar-refractivity contribution in [1.82, 2.24) is 16.0 Å². The molecule has 0 spiro atoms. The Labute approximate surface area is 166 Å². The lowest BCUT2D eigenvalue weighted by Crippen LogP contribution is -2.48. The number of nitrogens with one attached hydrogen (secondary N) is 3. The van der Waals surface area contributed by atoms with E-state index >= 15 is 0 Å². The van der Waals surface area contributed by atoms with Gasteiger partial charge in [-0.05, 0) is 50.6 Å². The van der Waals surface area contributed by atoms with Crippen molar-refractivity contribution >= 4 is 23.6 Å². The molecule has 0 heterocycles. The lowest BCUT2D eigenvalue weighted by Gasteiger charge is -2.21. The van der Waals surface area contributed by atoms with E-state index in [0.29, 0.717) is 12.5 Å². The van der Waals surface area contributed by atoms with E-state index in [-0.39, 0.29) is 18.0 Å². The summed E-state index contributed by atoms with van der Waals surface area (Å²) in [5.41, 5.74) is 0.907. The van der Waals surface area contributed by atoms with E-state index in [1.807, 2.05) is 39.0 Å². The molecule has 0 unspecified atom stereocenters. The molecule has 0 aliphatic heterocycles. The molecule has 0 aliphatic rings. The summed E-state index contributed by atoms with van der Waals surface area (Å²) >= 11 is 1.74. The Morgan fingerprint density at radius 3 is 2.19 bits per heavy atom. The first-order valence-corrected chi connectivity index (χ1v) is 9.75. The maximum atomic E-state index is 11.9. The van der Waals surface area contributed by atoms with Crippen LogP contribution in [0.25, 0.3) is 0 Å². The third-order valence-electron chi connectivity index (χ3n) is 3.52. The van der Waals surface area contributed by atoms with Gasteiger partial charge < -0.3 is 16.0 Å². The molecule has 3 N–H and O–H groups in total. The highest BCUT2D eigenvalue weighted by molar-refractivity contribution is 7.99. The number of hydrogen-bond acceptors (Lipinski definition) is 3. The molecule has 2 aromatic carbocycles. The number of carbonyl (C=O) groups is 1. The van der Waals surface area contributed by atoms with Crippen molar-refractivity contribution in [3.05, 3.63) is 60.2 Å². The quantitative estimate of drug-likeness (QED) is 0.527. The fraction of sp³-hybridized carbons (Fsp3) is 0.333. The third-order valence-corrected chi connectivity index (χ3v) is 4.53. The molecular formula is C21H28N4OS. The fourth-order valence-corrected chi connectivity index (χ4v) is 3.17. The van der Waals surface area contributed by atoms with Crippen LogP contribution in [-0.2, 0) is 11.3 Å². The van der Waals surface area contributed by atoms with E-state index < -0.39 is 0 Å². The molecule has 2 aromatic rings. The summed E-state index contributed by atoms with van der Waals surface area (Å²) in [6, 6.07) is 18.7. The minimum absolute atomic E-state index is 0.0623. The first kappa shape index (κ1) is 20.8. The van der Waals surface area contributed by atoms with Crippen molar-refractivity contribution in [2.75, 3.05) is 13.6 Å². The van der Waals surface area contributed by atoms with Crippen LogP contribution in [0.4, 0.5) is 0 Å². The molecule has 5 nitrogen and oxygen atoms in total. The Balaban J connectivity index is 1.80. The number of hydrogen-bond donors (Lipinski definition) is 3. The maximum Gasteiger partial charge on any atom is 0.239 e. The molecule has 2 rings (SSSR count). The zero-order valence-electron chi connectivity index (χ0n) is 16.4. The molecule has 0 saturated heterocycles. The van der Waals surface area contributed by atoms with Gasteiger partial charge in [0, 0.05) is 28.9 Å². The lowest BCUT2D eigenvalue weighted by atomic mass is 10.1. The first-order valence-electron chi connectivity index (χ1n) is 8.93. The van der Waals surface area contributed by atoms with Crippen LogP contribution in [-0.4, -0.2) is 31.0 Å². The van der Waals surface area contributed by atoms with Crippen LogP contribution < -0.4 is 16.0 Å². The zero-order chi connectivity index (χ0) is 19.7. The Morgan fingerprint density at radius 1 is 0.963 bits per heavy atom. The van der Waals surface area contributed by atoms with E-state index in [4.69, 9.17) is 0 Å². The van der Waals surface area contributed by atoms with Crippen molar-refractivity contribution in [2.24, 2.45) is 4.99 Å². The van der Waals surface area contributed by atoms with Gasteiger partial charge >= 0.3 is 0 Å². The average molecular weight is 385 g/mol. The van der Waals surface area contributed by atoms with Gasteiger partial charge in [0.05, 0.1) is 6.54 Å². The van der Waals surface area contributed by atoms with Crippen LogP contribution in [0.2, 0.25) is 0 Å². The third kappa shape index (κ3) is 8.17. The van der Waals surface area contributed by atoms with Gasteiger partial charge in [-0.3, -0.25) is 9.79 Å². The Hall–Kier alpha value is -2.47. The summed E-state index contributed by atoms with van der Waals surface area (Å²) < 4.78 is 0. The van der Waals surface area contributed by atoms with Gasteiger partial charge in [-0.25, -0.2) is 0 Å². The Kier molecular flexibility index (Phi) is 7.73. The number of benzene rings is 2. The highest BCUT2D eigenvalue weighted by atomic mass is 32.2. The highest BCUT2D eigenvalue weighted by Crippen LogP contribution is 2.27. The van der Waals surface area contributed by atoms with Gasteiger partial charge in [0.15, 0.2) is 5.96 Å². The second-order valence-electron chi connectivity index (χ2n) is 7.14. The van der Waals surface area contributed by atoms with Gasteiger partial charge in [0.1, 0.15) is 0 Å². The Bertz CT molecular complexity index is 752. The average Bonchev–Trinajstić information content (AvgIpc) is 2.62. The molecule has 0 saturated carbocycles. The van der Waals surface area contributed by atoms with Crippen LogP contribution in [0.15, 0.2) is 69.4 Å². The normalized spacial score (nSPS) is 11.8. The molecule has 0 radical (unpaired) electrons. The minimum atomic E-state index is -0.241. The van der Waals surface area contributed by atoms with Gasteiger partial charge in [-0.15, -0.1) is 0 Å². The number of aliphatic imine (C=N–C) groups is 1. The van der Waals surface area contributed by atoms with E-state index in [9.17, 15) is 4.79 Å². The van der Waals surface area contributed by atoms with Crippen molar-refractivity contribution in [3.63, 3.8) is 0 Å². The van der Waals surface area contributed by atoms with E-state index in [2.05, 4.69) is 57.3 Å². The number of guanidine groups is 1. The largest absolute Gasteiger partial charge is 0.352 e.